The van der Waals surface area contributed by atoms with Gasteiger partial charge in [-0.15, -0.1) is 0 Å². The van der Waals surface area contributed by atoms with E-state index in [-0.39, 0.29) is 11.1 Å². The number of carboxylic acids is 1. The number of esters is 1. The van der Waals surface area contributed by atoms with Crippen molar-refractivity contribution in [1.82, 2.24) is 0 Å². The van der Waals surface area contributed by atoms with Crippen molar-refractivity contribution >= 4 is 17.5 Å². The minimum Gasteiger partial charge on any atom is -0.512 e. The summed E-state index contributed by atoms with van der Waals surface area (Å²) in [5.74, 6) is -3.92. The lowest BCUT2D eigenvalue weighted by molar-refractivity contribution is -0.133. The van der Waals surface area contributed by atoms with Gasteiger partial charge in [-0.05, 0) is 13.0 Å². The van der Waals surface area contributed by atoms with Crippen molar-refractivity contribution in [2.45, 2.75) is 6.92 Å². The second-order valence-electron chi connectivity index (χ2n) is 3.42. The van der Waals surface area contributed by atoms with Crippen LogP contribution in [0.3, 0.4) is 0 Å². The topological polar surface area (TPSA) is 83.8 Å². The molecule has 0 aliphatic carbocycles. The molecule has 0 unspecified atom stereocenters. The normalized spacial score (nSPS) is 11.7. The molecule has 0 radical (unpaired) electrons. The van der Waals surface area contributed by atoms with Gasteiger partial charge < -0.3 is 14.9 Å². The fraction of sp³-hybridized carbons (Fsp3) is 0.167. The van der Waals surface area contributed by atoms with Gasteiger partial charge in [-0.2, -0.15) is 0 Å². The number of aromatic carboxylic acids is 1. The first-order valence-corrected chi connectivity index (χ1v) is 4.90. The summed E-state index contributed by atoms with van der Waals surface area (Å²) in [5, 5.41) is 18.4. The highest BCUT2D eigenvalue weighted by Gasteiger charge is 2.24. The number of allylic oxidation sites excluding steroid dienone is 1. The number of carbonyl (C=O) groups is 2. The van der Waals surface area contributed by atoms with Gasteiger partial charge in [-0.3, -0.25) is 0 Å². The molecule has 1 aromatic carbocycles. The lowest BCUT2D eigenvalue weighted by Crippen LogP contribution is -2.12. The van der Waals surface area contributed by atoms with E-state index in [0.717, 1.165) is 13.2 Å². The molecule has 1 rings (SSSR count). The predicted octanol–water partition coefficient (Wildman–Crippen LogP) is 1.99. The Morgan fingerprint density at radius 3 is 2.33 bits per heavy atom. The molecule has 0 atom stereocenters. The zero-order valence-electron chi connectivity index (χ0n) is 9.73. The number of carboxylic acid groups (broad SMARTS) is 1. The van der Waals surface area contributed by atoms with Crippen LogP contribution in [0.4, 0.5) is 4.39 Å². The molecule has 6 heteroatoms. The zero-order valence-corrected chi connectivity index (χ0v) is 9.73. The van der Waals surface area contributed by atoms with Gasteiger partial charge in [0.05, 0.1) is 7.11 Å². The van der Waals surface area contributed by atoms with Crippen LogP contribution < -0.4 is 0 Å². The molecular formula is C12H11FO5. The first-order valence-electron chi connectivity index (χ1n) is 4.90. The Bertz CT molecular complexity index is 529. The van der Waals surface area contributed by atoms with Crippen LogP contribution >= 0.6 is 0 Å². The molecule has 0 saturated carbocycles. The van der Waals surface area contributed by atoms with Crippen molar-refractivity contribution in [2.75, 3.05) is 7.11 Å². The first-order chi connectivity index (χ1) is 8.40. The molecule has 0 bridgehead atoms. The average Bonchev–Trinajstić information content (AvgIpc) is 2.28. The van der Waals surface area contributed by atoms with Gasteiger partial charge >= 0.3 is 11.9 Å². The van der Waals surface area contributed by atoms with Crippen LogP contribution in [0.5, 0.6) is 0 Å². The number of aliphatic hydroxyl groups is 1. The number of hydrogen-bond acceptors (Lipinski definition) is 4. The summed E-state index contributed by atoms with van der Waals surface area (Å²) in [6, 6.07) is 3.41. The minimum atomic E-state index is -1.54. The Hall–Kier alpha value is -2.37. The van der Waals surface area contributed by atoms with Crippen LogP contribution in [0.25, 0.3) is 5.57 Å². The van der Waals surface area contributed by atoms with E-state index < -0.39 is 29.1 Å². The summed E-state index contributed by atoms with van der Waals surface area (Å²) in [5.41, 5.74) is -1.30. The molecule has 0 fully saturated rings. The molecule has 18 heavy (non-hydrogen) atoms. The maximum atomic E-state index is 13.5. The Morgan fingerprint density at radius 2 is 1.89 bits per heavy atom. The van der Waals surface area contributed by atoms with Gasteiger partial charge in [0.2, 0.25) is 0 Å². The van der Waals surface area contributed by atoms with E-state index in [0.29, 0.717) is 0 Å². The van der Waals surface area contributed by atoms with Gasteiger partial charge in [0, 0.05) is 5.56 Å². The van der Waals surface area contributed by atoms with Crippen molar-refractivity contribution < 1.29 is 28.9 Å². The van der Waals surface area contributed by atoms with Crippen molar-refractivity contribution in [3.05, 3.63) is 40.9 Å². The fourth-order valence-electron chi connectivity index (χ4n) is 1.50. The lowest BCUT2D eigenvalue weighted by Gasteiger charge is -2.10. The molecule has 5 nitrogen and oxygen atoms in total. The highest BCUT2D eigenvalue weighted by atomic mass is 19.1. The summed E-state index contributed by atoms with van der Waals surface area (Å²) in [6.07, 6.45) is 0. The molecule has 0 aliphatic rings. The smallest absolute Gasteiger partial charge is 0.341 e. The summed E-state index contributed by atoms with van der Waals surface area (Å²) < 4.78 is 17.9. The van der Waals surface area contributed by atoms with Gasteiger partial charge in [0.1, 0.15) is 22.7 Å². The Labute approximate surface area is 102 Å². The van der Waals surface area contributed by atoms with Gasteiger partial charge in [-0.1, -0.05) is 12.1 Å². The Morgan fingerprint density at radius 1 is 1.28 bits per heavy atom. The summed E-state index contributed by atoms with van der Waals surface area (Å²) in [6.45, 7) is 1.18. The number of hydrogen-bond donors (Lipinski definition) is 2. The van der Waals surface area contributed by atoms with E-state index in [9.17, 15) is 19.1 Å². The van der Waals surface area contributed by atoms with E-state index >= 15 is 0 Å². The molecule has 0 saturated heterocycles. The summed E-state index contributed by atoms with van der Waals surface area (Å²) >= 11 is 0. The van der Waals surface area contributed by atoms with E-state index in [1.807, 2.05) is 0 Å². The maximum Gasteiger partial charge on any atom is 0.341 e. The van der Waals surface area contributed by atoms with E-state index in [4.69, 9.17) is 5.11 Å². The third kappa shape index (κ3) is 2.48. The van der Waals surface area contributed by atoms with Crippen molar-refractivity contribution in [3.63, 3.8) is 0 Å². The first kappa shape index (κ1) is 13.7. The number of halogens is 1. The standard InChI is InChI=1S/C12H11FO5/c1-6(14)9(12(17)18-2)7-4-3-5-8(13)10(7)11(15)16/h3-5,14H,1-2H3,(H,15,16)/b9-6-. The number of benzene rings is 1. The summed E-state index contributed by atoms with van der Waals surface area (Å²) in [7, 11) is 1.07. The molecular weight excluding hydrogens is 243 g/mol. The lowest BCUT2D eigenvalue weighted by atomic mass is 9.98. The second kappa shape index (κ2) is 5.31. The SMILES string of the molecule is COC(=O)/C(=C(/C)O)c1cccc(F)c1C(=O)O. The number of rotatable bonds is 3. The molecule has 0 heterocycles. The van der Waals surface area contributed by atoms with Crippen LogP contribution in [0.2, 0.25) is 0 Å². The zero-order chi connectivity index (χ0) is 13.9. The van der Waals surface area contributed by atoms with Crippen LogP contribution in [0.1, 0.15) is 22.8 Å². The van der Waals surface area contributed by atoms with E-state index in [1.54, 1.807) is 0 Å². The third-order valence-corrected chi connectivity index (χ3v) is 2.25. The van der Waals surface area contributed by atoms with Gasteiger partial charge in [0.15, 0.2) is 0 Å². The monoisotopic (exact) mass is 254 g/mol. The fourth-order valence-corrected chi connectivity index (χ4v) is 1.50. The Kier molecular flexibility index (Phi) is 4.04. The molecule has 0 aliphatic heterocycles. The second-order valence-corrected chi connectivity index (χ2v) is 3.42. The average molecular weight is 254 g/mol. The van der Waals surface area contributed by atoms with Crippen molar-refractivity contribution in [2.24, 2.45) is 0 Å². The number of methoxy groups -OCH3 is 1. The number of aliphatic hydroxyl groups excluding tert-OH is 1. The van der Waals surface area contributed by atoms with Crippen molar-refractivity contribution in [3.8, 4) is 0 Å². The van der Waals surface area contributed by atoms with Crippen molar-refractivity contribution in [1.29, 1.82) is 0 Å². The quantitative estimate of drug-likeness (QED) is 0.489. The summed E-state index contributed by atoms with van der Waals surface area (Å²) in [4.78, 5) is 22.5. The minimum absolute atomic E-state index is 0.227. The van der Waals surface area contributed by atoms with Crippen LogP contribution in [-0.4, -0.2) is 29.3 Å². The third-order valence-electron chi connectivity index (χ3n) is 2.25. The van der Waals surface area contributed by atoms with Gasteiger partial charge in [0.25, 0.3) is 0 Å². The van der Waals surface area contributed by atoms with E-state index in [2.05, 4.69) is 4.74 Å². The van der Waals surface area contributed by atoms with Gasteiger partial charge in [-0.25, -0.2) is 14.0 Å². The van der Waals surface area contributed by atoms with Crippen LogP contribution in [0, 0.1) is 5.82 Å². The van der Waals surface area contributed by atoms with Crippen LogP contribution in [-0.2, 0) is 9.53 Å². The number of carbonyl (C=O) groups excluding carboxylic acids is 1. The molecule has 0 spiro atoms. The Balaban J connectivity index is 3.58. The highest BCUT2D eigenvalue weighted by molar-refractivity contribution is 6.19. The molecule has 2 N–H and O–H groups in total. The molecule has 0 amide bonds. The largest absolute Gasteiger partial charge is 0.512 e. The maximum absolute atomic E-state index is 13.5. The van der Waals surface area contributed by atoms with E-state index in [1.165, 1.54) is 19.1 Å². The van der Waals surface area contributed by atoms with Crippen LogP contribution in [0.15, 0.2) is 24.0 Å². The molecule has 96 valence electrons. The predicted molar refractivity (Wildman–Crippen MR) is 60.6 cm³/mol. The highest BCUT2D eigenvalue weighted by Crippen LogP contribution is 2.25. The molecule has 1 aromatic rings. The molecule has 0 aromatic heterocycles. The number of ether oxygens (including phenoxy) is 1.